The molecule has 5 rings (SSSR count). The number of hydrogen-bond acceptors (Lipinski definition) is 3. The van der Waals surface area contributed by atoms with Gasteiger partial charge in [0.1, 0.15) is 11.9 Å². The highest BCUT2D eigenvalue weighted by atomic mass is 28.3. The van der Waals surface area contributed by atoms with E-state index in [9.17, 15) is 14.6 Å². The Labute approximate surface area is 270 Å². The molecule has 5 heteroatoms. The lowest BCUT2D eigenvalue weighted by molar-refractivity contribution is -0.122. The van der Waals surface area contributed by atoms with Gasteiger partial charge in [-0.05, 0) is 114 Å². The second-order valence-corrected chi connectivity index (χ2v) is 21.0. The highest BCUT2D eigenvalue weighted by Crippen LogP contribution is 2.72. The van der Waals surface area contributed by atoms with E-state index in [0.29, 0.717) is 52.0 Å². The normalized spacial score (nSPS) is 38.6. The Kier molecular flexibility index (Phi) is 9.79. The van der Waals surface area contributed by atoms with E-state index in [1.54, 1.807) is 18.2 Å². The number of halogens is 1. The fourth-order valence-electron chi connectivity index (χ4n) is 11.3. The van der Waals surface area contributed by atoms with Crippen molar-refractivity contribution in [1.29, 1.82) is 0 Å². The molecule has 0 aliphatic heterocycles. The standard InChI is InChI=1S/C39H62FO3Si/c1-25(2)44(36(4,5)6)43-34-21-22-37(7)29-20-24-38(8)28(19-23-39(38,9)30(29)17-18-31(37)35(34)42)26(3)13-12-16-33(41)27-14-10-11-15-32(27)40/h10-11,14-15,18,25-26,28-30,33-35,41-42H,12-13,16-17,19-24H2,1-9H3/t26-,28-,29+,30-,33?,34+,35-,37-,38-,39+/m1/s1. The number of aliphatic hydroxyl groups excluding tert-OH is 2. The first-order valence-electron chi connectivity index (χ1n) is 17.9. The molecule has 0 bridgehead atoms. The Morgan fingerprint density at radius 2 is 1.64 bits per heavy atom. The van der Waals surface area contributed by atoms with Crippen LogP contribution in [0.1, 0.15) is 138 Å². The molecule has 0 amide bonds. The molecule has 44 heavy (non-hydrogen) atoms. The van der Waals surface area contributed by atoms with Crippen LogP contribution in [0.3, 0.4) is 0 Å². The summed E-state index contributed by atoms with van der Waals surface area (Å²) in [7, 11) is -1.08. The zero-order chi connectivity index (χ0) is 32.2. The largest absolute Gasteiger partial charge is 0.410 e. The van der Waals surface area contributed by atoms with E-state index in [4.69, 9.17) is 4.43 Å². The molecular formula is C39H62FO3Si. The Bertz CT molecular complexity index is 1190. The third-order valence-electron chi connectivity index (χ3n) is 13.7. The number of hydrogen-bond donors (Lipinski definition) is 2. The molecule has 3 fully saturated rings. The van der Waals surface area contributed by atoms with Gasteiger partial charge in [-0.15, -0.1) is 0 Å². The van der Waals surface area contributed by atoms with Crippen molar-refractivity contribution < 1.29 is 19.0 Å². The maximum Gasteiger partial charge on any atom is 0.220 e. The lowest BCUT2D eigenvalue weighted by atomic mass is 9.42. The minimum atomic E-state index is -1.08. The summed E-state index contributed by atoms with van der Waals surface area (Å²) in [6, 6.07) is 6.64. The SMILES string of the molecule is CC(C)[Si](O[C@H]1CC[C@@]2(C)C(=CC[C@@H]3[C@@H]2CC[C@]2(C)[C@@H]([C@H](C)CCCC(O)c4ccccc4F)CC[C@@]32C)[C@H]1O)C(C)(C)C. The number of allylic oxidation sites excluding steroid dienone is 1. The van der Waals surface area contributed by atoms with Crippen molar-refractivity contribution in [2.24, 2.45) is 39.9 Å². The molecule has 0 spiro atoms. The average molecular weight is 626 g/mol. The fraction of sp³-hybridized carbons (Fsp3) is 0.795. The van der Waals surface area contributed by atoms with Crippen molar-refractivity contribution in [1.82, 2.24) is 0 Å². The van der Waals surface area contributed by atoms with Gasteiger partial charge in [-0.2, -0.15) is 0 Å². The molecule has 4 aliphatic carbocycles. The van der Waals surface area contributed by atoms with Crippen LogP contribution in [0.2, 0.25) is 10.6 Å². The number of benzene rings is 1. The number of fused-ring (bicyclic) bond motifs is 5. The van der Waals surface area contributed by atoms with E-state index in [-0.39, 0.29) is 22.4 Å². The summed E-state index contributed by atoms with van der Waals surface area (Å²) in [5.74, 6) is 2.25. The molecule has 1 aromatic carbocycles. The third-order valence-corrected chi connectivity index (χ3v) is 16.8. The van der Waals surface area contributed by atoms with Gasteiger partial charge in [0.2, 0.25) is 9.04 Å². The third kappa shape index (κ3) is 5.83. The molecule has 247 valence electrons. The topological polar surface area (TPSA) is 49.7 Å². The van der Waals surface area contributed by atoms with E-state index in [2.05, 4.69) is 68.4 Å². The Morgan fingerprint density at radius 3 is 2.30 bits per heavy atom. The molecular weight excluding hydrogens is 564 g/mol. The minimum Gasteiger partial charge on any atom is -0.410 e. The summed E-state index contributed by atoms with van der Waals surface area (Å²) in [5, 5.41) is 22.6. The van der Waals surface area contributed by atoms with Gasteiger partial charge >= 0.3 is 0 Å². The molecule has 0 saturated heterocycles. The summed E-state index contributed by atoms with van der Waals surface area (Å²) in [5.41, 5.74) is 2.89. The lowest BCUT2D eigenvalue weighted by Crippen LogP contribution is -2.58. The monoisotopic (exact) mass is 625 g/mol. The van der Waals surface area contributed by atoms with E-state index in [1.807, 2.05) is 0 Å². The molecule has 2 N–H and O–H groups in total. The fourth-order valence-corrected chi connectivity index (χ4v) is 14.2. The second-order valence-electron chi connectivity index (χ2n) is 17.4. The van der Waals surface area contributed by atoms with Crippen molar-refractivity contribution in [2.75, 3.05) is 0 Å². The van der Waals surface area contributed by atoms with Crippen LogP contribution in [0, 0.1) is 45.7 Å². The maximum absolute atomic E-state index is 14.2. The number of rotatable bonds is 9. The van der Waals surface area contributed by atoms with Gasteiger partial charge < -0.3 is 14.6 Å². The van der Waals surface area contributed by atoms with Crippen molar-refractivity contribution in [2.45, 2.75) is 155 Å². The van der Waals surface area contributed by atoms with Crippen LogP contribution in [0.4, 0.5) is 4.39 Å². The smallest absolute Gasteiger partial charge is 0.220 e. The van der Waals surface area contributed by atoms with Crippen LogP contribution < -0.4 is 0 Å². The van der Waals surface area contributed by atoms with Gasteiger partial charge in [0, 0.05) is 5.56 Å². The summed E-state index contributed by atoms with van der Waals surface area (Å²) >= 11 is 0. The molecule has 0 heterocycles. The highest BCUT2D eigenvalue weighted by molar-refractivity contribution is 6.56. The highest BCUT2D eigenvalue weighted by Gasteiger charge is 2.65. The molecule has 0 aromatic heterocycles. The van der Waals surface area contributed by atoms with Crippen molar-refractivity contribution >= 4 is 9.04 Å². The van der Waals surface area contributed by atoms with Crippen molar-refractivity contribution in [3.8, 4) is 0 Å². The van der Waals surface area contributed by atoms with E-state index < -0.39 is 21.2 Å². The quantitative estimate of drug-likeness (QED) is 0.212. The van der Waals surface area contributed by atoms with E-state index in [1.165, 1.54) is 37.3 Å². The predicted molar refractivity (Wildman–Crippen MR) is 181 cm³/mol. The first-order valence-corrected chi connectivity index (χ1v) is 19.4. The average Bonchev–Trinajstić information content (AvgIpc) is 3.23. The second kappa shape index (κ2) is 12.5. The van der Waals surface area contributed by atoms with Gasteiger partial charge in [-0.25, -0.2) is 4.39 Å². The molecule has 3 nitrogen and oxygen atoms in total. The summed E-state index contributed by atoms with van der Waals surface area (Å²) in [6.45, 7) is 21.6. The molecule has 1 radical (unpaired) electrons. The zero-order valence-corrected chi connectivity index (χ0v) is 30.3. The molecule has 1 aromatic rings. The van der Waals surface area contributed by atoms with Crippen LogP contribution in [0.25, 0.3) is 0 Å². The summed E-state index contributed by atoms with van der Waals surface area (Å²) < 4.78 is 21.1. The van der Waals surface area contributed by atoms with Crippen LogP contribution in [-0.4, -0.2) is 31.5 Å². The minimum absolute atomic E-state index is 0.0611. The lowest BCUT2D eigenvalue weighted by Gasteiger charge is -2.63. The Hall–Kier alpha value is -1.01. The maximum atomic E-state index is 14.2. The first kappa shape index (κ1) is 34.3. The van der Waals surface area contributed by atoms with Gasteiger partial charge in [0.25, 0.3) is 0 Å². The van der Waals surface area contributed by atoms with E-state index >= 15 is 0 Å². The van der Waals surface area contributed by atoms with Crippen molar-refractivity contribution in [3.05, 3.63) is 47.3 Å². The molecule has 4 aliphatic rings. The van der Waals surface area contributed by atoms with E-state index in [0.717, 1.165) is 32.1 Å². The van der Waals surface area contributed by atoms with Crippen LogP contribution >= 0.6 is 0 Å². The van der Waals surface area contributed by atoms with Gasteiger partial charge in [0.15, 0.2) is 0 Å². The van der Waals surface area contributed by atoms with Crippen molar-refractivity contribution in [3.63, 3.8) is 0 Å². The van der Waals surface area contributed by atoms with Crippen LogP contribution in [0.5, 0.6) is 0 Å². The summed E-state index contributed by atoms with van der Waals surface area (Å²) in [4.78, 5) is 0. The van der Waals surface area contributed by atoms with Gasteiger partial charge in [-0.1, -0.05) is 99.4 Å². The van der Waals surface area contributed by atoms with Crippen LogP contribution in [0.15, 0.2) is 35.9 Å². The van der Waals surface area contributed by atoms with Gasteiger partial charge in [-0.3, -0.25) is 0 Å². The zero-order valence-electron chi connectivity index (χ0n) is 29.3. The number of aliphatic hydroxyl groups is 2. The Balaban J connectivity index is 1.27. The first-order chi connectivity index (χ1) is 20.5. The molecule has 1 unspecified atom stereocenters. The predicted octanol–water partition coefficient (Wildman–Crippen LogP) is 10.2. The molecule has 10 atom stereocenters. The van der Waals surface area contributed by atoms with Gasteiger partial charge in [0.05, 0.1) is 12.2 Å². The molecule has 3 saturated carbocycles. The Morgan fingerprint density at radius 1 is 0.955 bits per heavy atom. The van der Waals surface area contributed by atoms with Crippen LogP contribution in [-0.2, 0) is 4.43 Å². The summed E-state index contributed by atoms with van der Waals surface area (Å²) in [6.07, 6.45) is 12.1.